The van der Waals surface area contributed by atoms with Gasteiger partial charge in [-0.3, -0.25) is 0 Å². The molecular weight excluding hydrogens is 287 g/mol. The summed E-state index contributed by atoms with van der Waals surface area (Å²) in [5.74, 6) is 1.11. The molecule has 0 saturated carbocycles. The number of benzene rings is 1. The van der Waals surface area contributed by atoms with E-state index in [1.807, 2.05) is 0 Å². The summed E-state index contributed by atoms with van der Waals surface area (Å²) in [5.41, 5.74) is 0.0589. The SMILES string of the molecule is CCCC(CCCl)CNCc1cccc(C(F)(F)F)c1. The molecule has 1 nitrogen and oxygen atoms in total. The fraction of sp³-hybridized carbons (Fsp3) is 0.600. The Labute approximate surface area is 123 Å². The molecule has 114 valence electrons. The molecule has 0 radical (unpaired) electrons. The Bertz CT molecular complexity index is 387. The maximum atomic E-state index is 12.6. The van der Waals surface area contributed by atoms with Gasteiger partial charge in [-0.1, -0.05) is 31.5 Å². The highest BCUT2D eigenvalue weighted by Crippen LogP contribution is 2.29. The predicted molar refractivity (Wildman–Crippen MR) is 76.9 cm³/mol. The summed E-state index contributed by atoms with van der Waals surface area (Å²) in [6, 6.07) is 5.45. The first-order valence-corrected chi connectivity index (χ1v) is 7.43. The molecule has 0 aliphatic rings. The summed E-state index contributed by atoms with van der Waals surface area (Å²) in [6.07, 6.45) is -1.17. The van der Waals surface area contributed by atoms with Gasteiger partial charge >= 0.3 is 6.18 Å². The number of hydrogen-bond donors (Lipinski definition) is 1. The first kappa shape index (κ1) is 17.3. The third kappa shape index (κ3) is 6.14. The van der Waals surface area contributed by atoms with E-state index < -0.39 is 11.7 Å². The van der Waals surface area contributed by atoms with Crippen LogP contribution in [0.25, 0.3) is 0 Å². The van der Waals surface area contributed by atoms with E-state index in [9.17, 15) is 13.2 Å². The van der Waals surface area contributed by atoms with Crippen LogP contribution in [-0.4, -0.2) is 12.4 Å². The number of nitrogens with one attached hydrogen (secondary N) is 1. The lowest BCUT2D eigenvalue weighted by atomic mass is 10.0. The zero-order valence-corrected chi connectivity index (χ0v) is 12.4. The van der Waals surface area contributed by atoms with Crippen molar-refractivity contribution in [3.8, 4) is 0 Å². The Morgan fingerprint density at radius 2 is 2.00 bits per heavy atom. The molecule has 1 atom stereocenters. The molecule has 0 bridgehead atoms. The highest BCUT2D eigenvalue weighted by molar-refractivity contribution is 6.17. The van der Waals surface area contributed by atoms with E-state index in [2.05, 4.69) is 12.2 Å². The maximum Gasteiger partial charge on any atom is 0.416 e. The molecule has 0 fully saturated rings. The largest absolute Gasteiger partial charge is 0.416 e. The Morgan fingerprint density at radius 3 is 2.60 bits per heavy atom. The molecular formula is C15H21ClF3N. The van der Waals surface area contributed by atoms with Gasteiger partial charge in [-0.15, -0.1) is 11.6 Å². The second kappa shape index (κ2) is 8.53. The summed E-state index contributed by atoms with van der Waals surface area (Å²) in [6.45, 7) is 3.36. The highest BCUT2D eigenvalue weighted by Gasteiger charge is 2.30. The first-order valence-electron chi connectivity index (χ1n) is 6.90. The molecule has 1 aromatic carbocycles. The first-order chi connectivity index (χ1) is 9.47. The van der Waals surface area contributed by atoms with Crippen molar-refractivity contribution in [2.24, 2.45) is 5.92 Å². The van der Waals surface area contributed by atoms with Crippen molar-refractivity contribution >= 4 is 11.6 Å². The zero-order chi connectivity index (χ0) is 15.0. The van der Waals surface area contributed by atoms with Crippen LogP contribution in [0, 0.1) is 5.92 Å². The lowest BCUT2D eigenvalue weighted by Gasteiger charge is -2.16. The molecule has 0 heterocycles. The van der Waals surface area contributed by atoms with Crippen molar-refractivity contribution in [3.05, 3.63) is 35.4 Å². The van der Waals surface area contributed by atoms with Gasteiger partial charge < -0.3 is 5.32 Å². The number of rotatable bonds is 8. The van der Waals surface area contributed by atoms with Crippen LogP contribution in [0.5, 0.6) is 0 Å². The van der Waals surface area contributed by atoms with Gasteiger partial charge in [0.2, 0.25) is 0 Å². The van der Waals surface area contributed by atoms with Crippen LogP contribution >= 0.6 is 11.6 Å². The van der Waals surface area contributed by atoms with E-state index in [-0.39, 0.29) is 0 Å². The average molecular weight is 308 g/mol. The number of alkyl halides is 4. The van der Waals surface area contributed by atoms with Crippen molar-refractivity contribution in [2.75, 3.05) is 12.4 Å². The van der Waals surface area contributed by atoms with E-state index in [1.54, 1.807) is 6.07 Å². The van der Waals surface area contributed by atoms with Gasteiger partial charge in [0.05, 0.1) is 5.56 Å². The molecule has 1 N–H and O–H groups in total. The van der Waals surface area contributed by atoms with Crippen LogP contribution < -0.4 is 5.32 Å². The molecule has 1 unspecified atom stereocenters. The van der Waals surface area contributed by atoms with Gasteiger partial charge in [0.15, 0.2) is 0 Å². The van der Waals surface area contributed by atoms with E-state index >= 15 is 0 Å². The van der Waals surface area contributed by atoms with Crippen LogP contribution in [0.4, 0.5) is 13.2 Å². The fourth-order valence-electron chi connectivity index (χ4n) is 2.19. The van der Waals surface area contributed by atoms with E-state index in [0.29, 0.717) is 23.9 Å². The Hall–Kier alpha value is -0.740. The van der Waals surface area contributed by atoms with Crippen molar-refractivity contribution in [1.82, 2.24) is 5.32 Å². The number of halogens is 4. The van der Waals surface area contributed by atoms with Crippen molar-refractivity contribution in [2.45, 2.75) is 38.9 Å². The molecule has 20 heavy (non-hydrogen) atoms. The summed E-state index contributed by atoms with van der Waals surface area (Å²) in [4.78, 5) is 0. The van der Waals surface area contributed by atoms with Crippen LogP contribution in [0.2, 0.25) is 0 Å². The second-order valence-corrected chi connectivity index (χ2v) is 5.34. The van der Waals surface area contributed by atoms with Crippen molar-refractivity contribution < 1.29 is 13.2 Å². The van der Waals surface area contributed by atoms with Crippen molar-refractivity contribution in [1.29, 1.82) is 0 Å². The Kier molecular flexibility index (Phi) is 7.38. The normalized spacial score (nSPS) is 13.4. The average Bonchev–Trinajstić information content (AvgIpc) is 2.38. The molecule has 0 aromatic heterocycles. The smallest absolute Gasteiger partial charge is 0.312 e. The topological polar surface area (TPSA) is 12.0 Å². The highest BCUT2D eigenvalue weighted by atomic mass is 35.5. The maximum absolute atomic E-state index is 12.6. The molecule has 0 aliphatic carbocycles. The van der Waals surface area contributed by atoms with E-state index in [4.69, 9.17) is 11.6 Å². The summed E-state index contributed by atoms with van der Waals surface area (Å²) < 4.78 is 37.8. The Balaban J connectivity index is 2.49. The lowest BCUT2D eigenvalue weighted by Crippen LogP contribution is -2.23. The predicted octanol–water partition coefficient (Wildman–Crippen LogP) is 4.84. The molecule has 0 amide bonds. The van der Waals surface area contributed by atoms with Gasteiger partial charge in [0.25, 0.3) is 0 Å². The van der Waals surface area contributed by atoms with Crippen molar-refractivity contribution in [3.63, 3.8) is 0 Å². The fourth-order valence-corrected chi connectivity index (χ4v) is 2.50. The van der Waals surface area contributed by atoms with Gasteiger partial charge in [-0.25, -0.2) is 0 Å². The molecule has 0 spiro atoms. The van der Waals surface area contributed by atoms with Gasteiger partial charge in [-0.05, 0) is 36.9 Å². The molecule has 5 heteroatoms. The summed E-state index contributed by atoms with van der Waals surface area (Å²) >= 11 is 5.75. The monoisotopic (exact) mass is 307 g/mol. The van der Waals surface area contributed by atoms with E-state index in [1.165, 1.54) is 12.1 Å². The van der Waals surface area contributed by atoms with Gasteiger partial charge in [0, 0.05) is 12.4 Å². The van der Waals surface area contributed by atoms with Crippen LogP contribution in [0.15, 0.2) is 24.3 Å². The minimum absolute atomic E-state index is 0.451. The molecule has 0 aliphatic heterocycles. The third-order valence-electron chi connectivity index (χ3n) is 3.23. The van der Waals surface area contributed by atoms with Crippen LogP contribution in [-0.2, 0) is 12.7 Å². The quantitative estimate of drug-likeness (QED) is 0.678. The minimum atomic E-state index is -4.28. The number of hydrogen-bond acceptors (Lipinski definition) is 1. The summed E-state index contributed by atoms with van der Waals surface area (Å²) in [5, 5.41) is 3.22. The van der Waals surface area contributed by atoms with Crippen LogP contribution in [0.3, 0.4) is 0 Å². The van der Waals surface area contributed by atoms with E-state index in [0.717, 1.165) is 31.9 Å². The molecule has 0 saturated heterocycles. The molecule has 1 aromatic rings. The second-order valence-electron chi connectivity index (χ2n) is 4.96. The Morgan fingerprint density at radius 1 is 1.25 bits per heavy atom. The standard InChI is InChI=1S/C15H21ClF3N/c1-2-4-12(7-8-16)10-20-11-13-5-3-6-14(9-13)15(17,18)19/h3,5-6,9,12,20H,2,4,7-8,10-11H2,1H3. The molecule has 1 rings (SSSR count). The minimum Gasteiger partial charge on any atom is -0.312 e. The third-order valence-corrected chi connectivity index (χ3v) is 3.45. The van der Waals surface area contributed by atoms with Gasteiger partial charge in [-0.2, -0.15) is 13.2 Å². The lowest BCUT2D eigenvalue weighted by molar-refractivity contribution is -0.137. The van der Waals surface area contributed by atoms with Gasteiger partial charge in [0.1, 0.15) is 0 Å². The zero-order valence-electron chi connectivity index (χ0n) is 11.6. The summed E-state index contributed by atoms with van der Waals surface area (Å²) in [7, 11) is 0. The van der Waals surface area contributed by atoms with Crippen LogP contribution in [0.1, 0.15) is 37.3 Å².